The lowest BCUT2D eigenvalue weighted by Gasteiger charge is -2.09. The Labute approximate surface area is 108 Å². The summed E-state index contributed by atoms with van der Waals surface area (Å²) in [5, 5.41) is 3.38. The number of hydrogen-bond acceptors (Lipinski definition) is 3. The molecule has 0 saturated carbocycles. The second kappa shape index (κ2) is 5.83. The zero-order chi connectivity index (χ0) is 13.0. The van der Waals surface area contributed by atoms with E-state index in [4.69, 9.17) is 4.42 Å². The summed E-state index contributed by atoms with van der Waals surface area (Å²) in [6.45, 7) is 7.87. The Balaban J connectivity index is 1.92. The van der Waals surface area contributed by atoms with E-state index in [1.807, 2.05) is 0 Å². The molecule has 0 unspecified atom stereocenters. The molecule has 3 heteroatoms. The lowest BCUT2D eigenvalue weighted by Crippen LogP contribution is -2.14. The summed E-state index contributed by atoms with van der Waals surface area (Å²) in [7, 11) is 0. The van der Waals surface area contributed by atoms with Gasteiger partial charge in [0.1, 0.15) is 5.76 Å². The van der Waals surface area contributed by atoms with Crippen LogP contribution >= 0.6 is 0 Å². The first-order valence-electron chi connectivity index (χ1n) is 6.40. The van der Waals surface area contributed by atoms with Crippen LogP contribution in [-0.4, -0.2) is 4.98 Å². The molecule has 2 rings (SSSR count). The summed E-state index contributed by atoms with van der Waals surface area (Å²) < 4.78 is 5.56. The Kier molecular flexibility index (Phi) is 4.15. The monoisotopic (exact) mass is 244 g/mol. The molecule has 1 N–H and O–H groups in total. The highest BCUT2D eigenvalue weighted by atomic mass is 16.4. The quantitative estimate of drug-likeness (QED) is 0.878. The van der Waals surface area contributed by atoms with Gasteiger partial charge in [-0.3, -0.25) is 0 Å². The zero-order valence-corrected chi connectivity index (χ0v) is 11.3. The Hall–Kier alpha value is -1.61. The van der Waals surface area contributed by atoms with Crippen LogP contribution in [-0.2, 0) is 19.5 Å². The molecular formula is C15H20N2O. The molecule has 1 aromatic carbocycles. The first-order chi connectivity index (χ1) is 8.70. The third-order valence-electron chi connectivity index (χ3n) is 3.17. The van der Waals surface area contributed by atoms with Gasteiger partial charge in [-0.25, -0.2) is 4.98 Å². The third-order valence-corrected chi connectivity index (χ3v) is 3.17. The van der Waals surface area contributed by atoms with Crippen molar-refractivity contribution in [2.45, 2.75) is 40.3 Å². The van der Waals surface area contributed by atoms with Gasteiger partial charge >= 0.3 is 0 Å². The van der Waals surface area contributed by atoms with Crippen LogP contribution in [0.25, 0.3) is 0 Å². The SMILES string of the molecule is CCc1cnc(CNCc2c(C)cccc2C)o1. The molecule has 0 spiro atoms. The van der Waals surface area contributed by atoms with Crippen LogP contribution in [0.1, 0.15) is 35.3 Å². The van der Waals surface area contributed by atoms with E-state index in [1.54, 1.807) is 6.20 Å². The standard InChI is InChI=1S/C15H20N2O/c1-4-13-8-17-15(18-13)10-16-9-14-11(2)6-5-7-12(14)3/h5-8,16H,4,9-10H2,1-3H3. The molecule has 1 aromatic heterocycles. The van der Waals surface area contributed by atoms with Crippen LogP contribution in [0, 0.1) is 13.8 Å². The van der Waals surface area contributed by atoms with Gasteiger partial charge in [0.25, 0.3) is 0 Å². The zero-order valence-electron chi connectivity index (χ0n) is 11.3. The van der Waals surface area contributed by atoms with E-state index < -0.39 is 0 Å². The number of hydrogen-bond donors (Lipinski definition) is 1. The number of aromatic nitrogens is 1. The highest BCUT2D eigenvalue weighted by Gasteiger charge is 2.04. The average molecular weight is 244 g/mol. The van der Waals surface area contributed by atoms with Gasteiger partial charge < -0.3 is 9.73 Å². The van der Waals surface area contributed by atoms with Gasteiger partial charge in [0.05, 0.1) is 12.7 Å². The van der Waals surface area contributed by atoms with E-state index in [0.29, 0.717) is 6.54 Å². The molecule has 0 atom stereocenters. The Morgan fingerprint density at radius 3 is 2.50 bits per heavy atom. The van der Waals surface area contributed by atoms with Gasteiger partial charge in [-0.1, -0.05) is 25.1 Å². The minimum atomic E-state index is 0.674. The average Bonchev–Trinajstić information content (AvgIpc) is 2.81. The van der Waals surface area contributed by atoms with Crippen molar-refractivity contribution in [1.29, 1.82) is 0 Å². The maximum Gasteiger partial charge on any atom is 0.208 e. The van der Waals surface area contributed by atoms with Crippen molar-refractivity contribution < 1.29 is 4.42 Å². The maximum atomic E-state index is 5.56. The van der Waals surface area contributed by atoms with Crippen molar-refractivity contribution >= 4 is 0 Å². The number of rotatable bonds is 5. The van der Waals surface area contributed by atoms with Crippen LogP contribution in [0.3, 0.4) is 0 Å². The summed E-state index contributed by atoms with van der Waals surface area (Å²) in [5.74, 6) is 1.71. The van der Waals surface area contributed by atoms with Crippen LogP contribution < -0.4 is 5.32 Å². The number of benzene rings is 1. The van der Waals surface area contributed by atoms with Crippen molar-refractivity contribution in [3.63, 3.8) is 0 Å². The fourth-order valence-corrected chi connectivity index (χ4v) is 2.02. The van der Waals surface area contributed by atoms with Crippen molar-refractivity contribution in [1.82, 2.24) is 10.3 Å². The van der Waals surface area contributed by atoms with Gasteiger partial charge in [-0.2, -0.15) is 0 Å². The van der Waals surface area contributed by atoms with Gasteiger partial charge in [-0.15, -0.1) is 0 Å². The molecule has 0 aliphatic rings. The fraction of sp³-hybridized carbons (Fsp3) is 0.400. The summed E-state index contributed by atoms with van der Waals surface area (Å²) >= 11 is 0. The van der Waals surface area contributed by atoms with Gasteiger partial charge in [-0.05, 0) is 30.5 Å². The second-order valence-electron chi connectivity index (χ2n) is 4.55. The van der Waals surface area contributed by atoms with Crippen molar-refractivity contribution in [3.05, 3.63) is 52.7 Å². The minimum Gasteiger partial charge on any atom is -0.444 e. The van der Waals surface area contributed by atoms with Crippen molar-refractivity contribution in [2.24, 2.45) is 0 Å². The summed E-state index contributed by atoms with van der Waals surface area (Å²) in [6, 6.07) is 6.38. The molecule has 18 heavy (non-hydrogen) atoms. The predicted molar refractivity (Wildman–Crippen MR) is 72.3 cm³/mol. The summed E-state index contributed by atoms with van der Waals surface area (Å²) in [5.41, 5.74) is 4.01. The van der Waals surface area contributed by atoms with E-state index in [-0.39, 0.29) is 0 Å². The van der Waals surface area contributed by atoms with Gasteiger partial charge in [0, 0.05) is 13.0 Å². The molecule has 0 aliphatic heterocycles. The van der Waals surface area contributed by atoms with E-state index in [0.717, 1.165) is 24.6 Å². The van der Waals surface area contributed by atoms with E-state index in [2.05, 4.69) is 49.3 Å². The molecular weight excluding hydrogens is 224 g/mol. The van der Waals surface area contributed by atoms with Crippen LogP contribution in [0.4, 0.5) is 0 Å². The summed E-state index contributed by atoms with van der Waals surface area (Å²) in [4.78, 5) is 4.23. The second-order valence-corrected chi connectivity index (χ2v) is 4.55. The van der Waals surface area contributed by atoms with Crippen LogP contribution in [0.15, 0.2) is 28.8 Å². The molecule has 0 fully saturated rings. The Bertz CT molecular complexity index is 497. The first-order valence-corrected chi connectivity index (χ1v) is 6.40. The molecule has 0 aliphatic carbocycles. The summed E-state index contributed by atoms with van der Waals surface area (Å²) in [6.07, 6.45) is 2.69. The smallest absolute Gasteiger partial charge is 0.208 e. The molecule has 0 saturated heterocycles. The predicted octanol–water partition coefficient (Wildman–Crippen LogP) is 3.14. The largest absolute Gasteiger partial charge is 0.444 e. The Morgan fingerprint density at radius 2 is 1.89 bits per heavy atom. The molecule has 1 heterocycles. The Morgan fingerprint density at radius 1 is 1.17 bits per heavy atom. The number of nitrogens with zero attached hydrogens (tertiary/aromatic N) is 1. The number of nitrogens with one attached hydrogen (secondary N) is 1. The van der Waals surface area contributed by atoms with E-state index >= 15 is 0 Å². The highest BCUT2D eigenvalue weighted by molar-refractivity contribution is 5.33. The van der Waals surface area contributed by atoms with Crippen LogP contribution in [0.2, 0.25) is 0 Å². The number of oxazole rings is 1. The van der Waals surface area contributed by atoms with Gasteiger partial charge in [0.2, 0.25) is 5.89 Å². The van der Waals surface area contributed by atoms with Crippen LogP contribution in [0.5, 0.6) is 0 Å². The highest BCUT2D eigenvalue weighted by Crippen LogP contribution is 2.13. The van der Waals surface area contributed by atoms with Gasteiger partial charge in [0.15, 0.2) is 0 Å². The molecule has 3 nitrogen and oxygen atoms in total. The fourth-order valence-electron chi connectivity index (χ4n) is 2.02. The molecule has 0 radical (unpaired) electrons. The molecule has 0 amide bonds. The number of aryl methyl sites for hydroxylation is 3. The minimum absolute atomic E-state index is 0.674. The van der Waals surface area contributed by atoms with Crippen molar-refractivity contribution in [3.8, 4) is 0 Å². The lowest BCUT2D eigenvalue weighted by atomic mass is 10.0. The lowest BCUT2D eigenvalue weighted by molar-refractivity contribution is 0.438. The molecule has 0 bridgehead atoms. The van der Waals surface area contributed by atoms with Crippen molar-refractivity contribution in [2.75, 3.05) is 0 Å². The first kappa shape index (κ1) is 12.8. The molecule has 2 aromatic rings. The molecule has 96 valence electrons. The third kappa shape index (κ3) is 2.99. The van der Waals surface area contributed by atoms with E-state index in [9.17, 15) is 0 Å². The maximum absolute atomic E-state index is 5.56. The van der Waals surface area contributed by atoms with E-state index in [1.165, 1.54) is 16.7 Å². The topological polar surface area (TPSA) is 38.1 Å². The normalized spacial score (nSPS) is 10.8.